The summed E-state index contributed by atoms with van der Waals surface area (Å²) < 4.78 is 2.13. The number of para-hydroxylation sites is 1. The molecule has 3 rings (SSSR count). The minimum absolute atomic E-state index is 0.00403. The third kappa shape index (κ3) is 2.81. The van der Waals surface area contributed by atoms with Crippen LogP contribution in [0.2, 0.25) is 0 Å². The SMILES string of the molecule is CC(=O)N(c1cc2sc(C)c(C)c2cc1C)c1ccccc1Br. The van der Waals surface area contributed by atoms with Crippen LogP contribution < -0.4 is 4.90 Å². The Kier molecular flexibility index (Phi) is 4.30. The summed E-state index contributed by atoms with van der Waals surface area (Å²) in [6, 6.07) is 12.1. The number of amides is 1. The van der Waals surface area contributed by atoms with E-state index in [0.29, 0.717) is 0 Å². The fourth-order valence-corrected chi connectivity index (χ4v) is 4.38. The van der Waals surface area contributed by atoms with Gasteiger partial charge in [-0.3, -0.25) is 9.69 Å². The van der Waals surface area contributed by atoms with Crippen molar-refractivity contribution in [1.82, 2.24) is 0 Å². The lowest BCUT2D eigenvalue weighted by molar-refractivity contribution is -0.115. The second-order valence-electron chi connectivity index (χ2n) is 5.72. The molecule has 0 atom stereocenters. The smallest absolute Gasteiger partial charge is 0.228 e. The van der Waals surface area contributed by atoms with Crippen LogP contribution in [0, 0.1) is 20.8 Å². The highest BCUT2D eigenvalue weighted by Crippen LogP contribution is 2.39. The Morgan fingerprint density at radius 2 is 1.78 bits per heavy atom. The molecular weight excluding hydrogens is 370 g/mol. The number of hydrogen-bond acceptors (Lipinski definition) is 2. The molecular formula is C19H18BrNOS. The van der Waals surface area contributed by atoms with Gasteiger partial charge < -0.3 is 0 Å². The van der Waals surface area contributed by atoms with Gasteiger partial charge in [0.05, 0.1) is 11.4 Å². The first kappa shape index (κ1) is 16.2. The highest BCUT2D eigenvalue weighted by atomic mass is 79.9. The van der Waals surface area contributed by atoms with E-state index in [0.717, 1.165) is 21.4 Å². The molecule has 0 saturated heterocycles. The van der Waals surface area contributed by atoms with Gasteiger partial charge in [-0.25, -0.2) is 0 Å². The first-order valence-electron chi connectivity index (χ1n) is 7.45. The number of carbonyl (C=O) groups is 1. The van der Waals surface area contributed by atoms with E-state index >= 15 is 0 Å². The van der Waals surface area contributed by atoms with Crippen LogP contribution in [0.5, 0.6) is 0 Å². The Morgan fingerprint density at radius 1 is 1.09 bits per heavy atom. The number of anilines is 2. The zero-order chi connectivity index (χ0) is 16.7. The standard InChI is InChI=1S/C19H18BrNOS/c1-11-9-15-12(2)13(3)23-19(15)10-18(11)21(14(4)22)17-8-6-5-7-16(17)20/h5-10H,1-4H3. The molecule has 0 saturated carbocycles. The van der Waals surface area contributed by atoms with Crippen LogP contribution in [0.1, 0.15) is 22.9 Å². The second-order valence-corrected chi connectivity index (χ2v) is 7.83. The maximum atomic E-state index is 12.4. The molecule has 0 bridgehead atoms. The average Bonchev–Trinajstić information content (AvgIpc) is 2.76. The van der Waals surface area contributed by atoms with Crippen LogP contribution in [0.25, 0.3) is 10.1 Å². The van der Waals surface area contributed by atoms with Crippen molar-refractivity contribution in [2.24, 2.45) is 0 Å². The van der Waals surface area contributed by atoms with Crippen molar-refractivity contribution in [2.45, 2.75) is 27.7 Å². The predicted molar refractivity (Wildman–Crippen MR) is 103 cm³/mol. The van der Waals surface area contributed by atoms with Gasteiger partial charge in [-0.05, 0) is 77.5 Å². The summed E-state index contributed by atoms with van der Waals surface area (Å²) in [4.78, 5) is 15.5. The molecule has 2 nitrogen and oxygen atoms in total. The van der Waals surface area contributed by atoms with Crippen LogP contribution in [0.3, 0.4) is 0 Å². The lowest BCUT2D eigenvalue weighted by Gasteiger charge is -2.24. The molecule has 23 heavy (non-hydrogen) atoms. The Bertz CT molecular complexity index is 913. The molecule has 0 aliphatic carbocycles. The maximum Gasteiger partial charge on any atom is 0.228 e. The molecule has 0 aliphatic rings. The van der Waals surface area contributed by atoms with E-state index in [1.54, 1.807) is 23.2 Å². The number of thiophene rings is 1. The molecule has 2 aromatic carbocycles. The Hall–Kier alpha value is -1.65. The number of carbonyl (C=O) groups excluding carboxylic acids is 1. The maximum absolute atomic E-state index is 12.4. The summed E-state index contributed by atoms with van der Waals surface area (Å²) in [7, 11) is 0. The number of rotatable bonds is 2. The summed E-state index contributed by atoms with van der Waals surface area (Å²) in [5.74, 6) is 0.00403. The average molecular weight is 388 g/mol. The molecule has 1 aromatic heterocycles. The molecule has 1 amide bonds. The summed E-state index contributed by atoms with van der Waals surface area (Å²) in [5.41, 5.74) is 4.24. The fraction of sp³-hybridized carbons (Fsp3) is 0.211. The fourth-order valence-electron chi connectivity index (χ4n) is 2.83. The molecule has 0 radical (unpaired) electrons. The van der Waals surface area contributed by atoms with Crippen molar-refractivity contribution >= 4 is 54.6 Å². The zero-order valence-corrected chi connectivity index (χ0v) is 16.0. The third-order valence-electron chi connectivity index (χ3n) is 4.14. The van der Waals surface area contributed by atoms with Gasteiger partial charge in [0.2, 0.25) is 5.91 Å². The number of fused-ring (bicyclic) bond motifs is 1. The quantitative estimate of drug-likeness (QED) is 0.506. The summed E-state index contributed by atoms with van der Waals surface area (Å²) >= 11 is 5.34. The third-order valence-corrected chi connectivity index (χ3v) is 5.98. The van der Waals surface area contributed by atoms with E-state index in [2.05, 4.69) is 48.8 Å². The number of benzene rings is 2. The number of aryl methyl sites for hydroxylation is 3. The van der Waals surface area contributed by atoms with E-state index in [-0.39, 0.29) is 5.91 Å². The molecule has 0 fully saturated rings. The first-order valence-corrected chi connectivity index (χ1v) is 9.06. The van der Waals surface area contributed by atoms with E-state index in [9.17, 15) is 4.79 Å². The molecule has 118 valence electrons. The molecule has 0 spiro atoms. The molecule has 0 N–H and O–H groups in total. The minimum atomic E-state index is 0.00403. The number of nitrogens with zero attached hydrogens (tertiary/aromatic N) is 1. The van der Waals surface area contributed by atoms with Crippen molar-refractivity contribution in [2.75, 3.05) is 4.90 Å². The lowest BCUT2D eigenvalue weighted by Crippen LogP contribution is -2.23. The van der Waals surface area contributed by atoms with Gasteiger partial charge in [0, 0.05) is 21.0 Å². The van der Waals surface area contributed by atoms with Gasteiger partial charge in [0.25, 0.3) is 0 Å². The normalized spacial score (nSPS) is 11.0. The van der Waals surface area contributed by atoms with Crippen LogP contribution in [0.4, 0.5) is 11.4 Å². The van der Waals surface area contributed by atoms with E-state index in [1.807, 2.05) is 24.3 Å². The van der Waals surface area contributed by atoms with E-state index in [1.165, 1.54) is 20.5 Å². The minimum Gasteiger partial charge on any atom is -0.280 e. The van der Waals surface area contributed by atoms with Gasteiger partial charge in [0.1, 0.15) is 0 Å². The van der Waals surface area contributed by atoms with E-state index < -0.39 is 0 Å². The highest BCUT2D eigenvalue weighted by Gasteiger charge is 2.20. The van der Waals surface area contributed by atoms with Gasteiger partial charge in [-0.1, -0.05) is 12.1 Å². The van der Waals surface area contributed by atoms with Crippen molar-refractivity contribution in [3.63, 3.8) is 0 Å². The van der Waals surface area contributed by atoms with Crippen molar-refractivity contribution < 1.29 is 4.79 Å². The van der Waals surface area contributed by atoms with Crippen LogP contribution in [-0.4, -0.2) is 5.91 Å². The summed E-state index contributed by atoms with van der Waals surface area (Å²) in [5, 5.41) is 1.28. The van der Waals surface area contributed by atoms with Crippen molar-refractivity contribution in [3.05, 3.63) is 56.9 Å². The Balaban J connectivity index is 2.25. The summed E-state index contributed by atoms with van der Waals surface area (Å²) in [6.45, 7) is 7.97. The zero-order valence-electron chi connectivity index (χ0n) is 13.6. The monoisotopic (exact) mass is 387 g/mol. The molecule has 1 heterocycles. The van der Waals surface area contributed by atoms with Gasteiger partial charge >= 0.3 is 0 Å². The number of halogens is 1. The van der Waals surface area contributed by atoms with Crippen molar-refractivity contribution in [1.29, 1.82) is 0 Å². The molecule has 0 unspecified atom stereocenters. The van der Waals surface area contributed by atoms with Gasteiger partial charge in [-0.15, -0.1) is 11.3 Å². The van der Waals surface area contributed by atoms with E-state index in [4.69, 9.17) is 0 Å². The number of hydrogen-bond donors (Lipinski definition) is 0. The molecule has 0 aliphatic heterocycles. The van der Waals surface area contributed by atoms with Crippen LogP contribution in [0.15, 0.2) is 40.9 Å². The van der Waals surface area contributed by atoms with Crippen LogP contribution >= 0.6 is 27.3 Å². The van der Waals surface area contributed by atoms with Crippen LogP contribution in [-0.2, 0) is 4.79 Å². The Labute approximate surface area is 148 Å². The molecule has 4 heteroatoms. The largest absolute Gasteiger partial charge is 0.280 e. The predicted octanol–water partition coefficient (Wildman–Crippen LogP) is 6.27. The lowest BCUT2D eigenvalue weighted by atomic mass is 10.1. The van der Waals surface area contributed by atoms with Crippen molar-refractivity contribution in [3.8, 4) is 0 Å². The second kappa shape index (κ2) is 6.10. The van der Waals surface area contributed by atoms with Gasteiger partial charge in [-0.2, -0.15) is 0 Å². The highest BCUT2D eigenvalue weighted by molar-refractivity contribution is 9.10. The Morgan fingerprint density at radius 3 is 2.43 bits per heavy atom. The first-order chi connectivity index (χ1) is 10.9. The topological polar surface area (TPSA) is 20.3 Å². The van der Waals surface area contributed by atoms with Gasteiger partial charge in [0.15, 0.2) is 0 Å². The molecule has 3 aromatic rings. The summed E-state index contributed by atoms with van der Waals surface area (Å²) in [6.07, 6.45) is 0.